The predicted molar refractivity (Wildman–Crippen MR) is 86.9 cm³/mol. The van der Waals surface area contributed by atoms with Crippen molar-refractivity contribution < 1.29 is 9.21 Å². The molecule has 4 rings (SSSR count). The van der Waals surface area contributed by atoms with Crippen LogP contribution < -0.4 is 5.32 Å². The fourth-order valence-corrected chi connectivity index (χ4v) is 3.58. The van der Waals surface area contributed by atoms with Crippen LogP contribution in [0.2, 0.25) is 5.02 Å². The molecule has 0 atom stereocenters. The number of halogens is 1. The summed E-state index contributed by atoms with van der Waals surface area (Å²) in [5, 5.41) is 4.76. The van der Waals surface area contributed by atoms with Gasteiger partial charge >= 0.3 is 0 Å². The second-order valence-electron chi connectivity index (χ2n) is 6.01. The van der Waals surface area contributed by atoms with Gasteiger partial charge in [0.25, 0.3) is 0 Å². The molecule has 1 fully saturated rings. The molecule has 0 unspecified atom stereocenters. The molecule has 1 aromatic heterocycles. The Morgan fingerprint density at radius 1 is 1.32 bits per heavy atom. The lowest BCUT2D eigenvalue weighted by atomic mass is 10.0. The molecule has 4 nitrogen and oxygen atoms in total. The van der Waals surface area contributed by atoms with Crippen LogP contribution >= 0.6 is 11.6 Å². The summed E-state index contributed by atoms with van der Waals surface area (Å²) in [6, 6.07) is 3.82. The van der Waals surface area contributed by atoms with Gasteiger partial charge in [0.05, 0.1) is 0 Å². The van der Waals surface area contributed by atoms with E-state index in [0.717, 1.165) is 64.4 Å². The van der Waals surface area contributed by atoms with Crippen LogP contribution in [0, 0.1) is 0 Å². The van der Waals surface area contributed by atoms with Gasteiger partial charge in [-0.25, -0.2) is 0 Å². The molecule has 2 aliphatic heterocycles. The molecular formula is C17H17ClN2O2. The third-order valence-electron chi connectivity index (χ3n) is 4.49. The van der Waals surface area contributed by atoms with Crippen LogP contribution in [0.4, 0.5) is 0 Å². The standard InChI is InChI=1S/C17H17ClN2O2/c1-20-7-5-11-13(18)2-3-14-16(11)12(9-20)15(22-14)8-10-4-6-19-17(10)21/h2-3,8H,4-7,9H2,1H3,(H,19,21)/b10-8+. The normalized spacial score (nSPS) is 20.6. The van der Waals surface area contributed by atoms with Crippen LogP contribution in [0.1, 0.15) is 23.3 Å². The fraction of sp³-hybridized carbons (Fsp3) is 0.353. The Hall–Kier alpha value is -1.78. The Bertz CT molecular complexity index is 807. The van der Waals surface area contributed by atoms with Crippen LogP contribution in [0.5, 0.6) is 0 Å². The summed E-state index contributed by atoms with van der Waals surface area (Å²) in [5.41, 5.74) is 3.94. The first-order valence-corrected chi connectivity index (χ1v) is 7.91. The van der Waals surface area contributed by atoms with Gasteiger partial charge in [0.15, 0.2) is 0 Å². The number of carbonyl (C=O) groups is 1. The van der Waals surface area contributed by atoms with Crippen molar-refractivity contribution in [3.8, 4) is 0 Å². The van der Waals surface area contributed by atoms with Crippen LogP contribution in [0.15, 0.2) is 22.1 Å². The van der Waals surface area contributed by atoms with Gasteiger partial charge < -0.3 is 14.6 Å². The van der Waals surface area contributed by atoms with Crippen molar-refractivity contribution in [2.24, 2.45) is 0 Å². The number of benzene rings is 1. The van der Waals surface area contributed by atoms with Crippen LogP contribution in [0.3, 0.4) is 0 Å². The first-order chi connectivity index (χ1) is 10.6. The van der Waals surface area contributed by atoms with E-state index in [0.29, 0.717) is 6.54 Å². The number of furan rings is 1. The van der Waals surface area contributed by atoms with Crippen molar-refractivity contribution in [1.82, 2.24) is 10.2 Å². The quantitative estimate of drug-likeness (QED) is 0.823. The number of likely N-dealkylation sites (N-methyl/N-ethyl adjacent to an activating group) is 1. The first kappa shape index (κ1) is 13.9. The minimum absolute atomic E-state index is 0.00730. The third-order valence-corrected chi connectivity index (χ3v) is 4.84. The van der Waals surface area contributed by atoms with E-state index in [2.05, 4.69) is 17.3 Å². The van der Waals surface area contributed by atoms with E-state index >= 15 is 0 Å². The molecule has 5 heteroatoms. The summed E-state index contributed by atoms with van der Waals surface area (Å²) in [5.74, 6) is 0.798. The highest BCUT2D eigenvalue weighted by Gasteiger charge is 2.24. The minimum atomic E-state index is 0.00730. The first-order valence-electron chi connectivity index (χ1n) is 7.53. The van der Waals surface area contributed by atoms with Gasteiger partial charge in [0.1, 0.15) is 11.3 Å². The number of rotatable bonds is 1. The SMILES string of the molecule is CN1CCc2c(Cl)ccc3oc(/C=C4\CCNC4=O)c(c23)C1. The number of amides is 1. The maximum absolute atomic E-state index is 11.8. The molecule has 1 N–H and O–H groups in total. The summed E-state index contributed by atoms with van der Waals surface area (Å²) in [7, 11) is 2.10. The van der Waals surface area contributed by atoms with Gasteiger partial charge in [0, 0.05) is 41.2 Å². The maximum Gasteiger partial charge on any atom is 0.247 e. The van der Waals surface area contributed by atoms with Gasteiger partial charge in [-0.3, -0.25) is 4.79 Å². The van der Waals surface area contributed by atoms with E-state index in [1.807, 2.05) is 18.2 Å². The van der Waals surface area contributed by atoms with Gasteiger partial charge in [-0.2, -0.15) is 0 Å². The van der Waals surface area contributed by atoms with E-state index < -0.39 is 0 Å². The van der Waals surface area contributed by atoms with Crippen LogP contribution in [-0.4, -0.2) is 30.9 Å². The molecule has 0 aliphatic carbocycles. The minimum Gasteiger partial charge on any atom is -0.456 e. The van der Waals surface area contributed by atoms with Crippen molar-refractivity contribution in [1.29, 1.82) is 0 Å². The number of carbonyl (C=O) groups excluding carboxylic acids is 1. The molecule has 0 bridgehead atoms. The molecule has 0 saturated carbocycles. The predicted octanol–water partition coefficient (Wildman–Crippen LogP) is 2.98. The zero-order valence-electron chi connectivity index (χ0n) is 12.4. The number of hydrogen-bond donors (Lipinski definition) is 1. The third kappa shape index (κ3) is 2.14. The van der Waals surface area contributed by atoms with E-state index in [9.17, 15) is 4.79 Å². The molecule has 22 heavy (non-hydrogen) atoms. The van der Waals surface area contributed by atoms with Crippen LogP contribution in [0.25, 0.3) is 17.0 Å². The second kappa shape index (κ2) is 5.14. The van der Waals surface area contributed by atoms with E-state index in [-0.39, 0.29) is 5.91 Å². The highest BCUT2D eigenvalue weighted by atomic mass is 35.5. The molecule has 0 radical (unpaired) electrons. The number of hydrogen-bond acceptors (Lipinski definition) is 3. The molecule has 3 heterocycles. The molecule has 1 saturated heterocycles. The summed E-state index contributed by atoms with van der Waals surface area (Å²) in [4.78, 5) is 14.1. The Labute approximate surface area is 133 Å². The van der Waals surface area contributed by atoms with Crippen LogP contribution in [-0.2, 0) is 17.8 Å². The molecule has 114 valence electrons. The maximum atomic E-state index is 11.8. The highest BCUT2D eigenvalue weighted by molar-refractivity contribution is 6.32. The summed E-state index contributed by atoms with van der Waals surface area (Å²) in [6.07, 6.45) is 3.56. The average Bonchev–Trinajstić information content (AvgIpc) is 2.98. The summed E-state index contributed by atoms with van der Waals surface area (Å²) < 4.78 is 6.04. The molecular weight excluding hydrogens is 300 g/mol. The van der Waals surface area contributed by atoms with Gasteiger partial charge in [-0.1, -0.05) is 11.6 Å². The van der Waals surface area contributed by atoms with Crippen molar-refractivity contribution >= 4 is 34.6 Å². The fourth-order valence-electron chi connectivity index (χ4n) is 3.32. The van der Waals surface area contributed by atoms with Gasteiger partial charge in [-0.05, 0) is 43.7 Å². The Kier molecular flexibility index (Phi) is 3.24. The van der Waals surface area contributed by atoms with Crippen molar-refractivity contribution in [2.75, 3.05) is 20.1 Å². The average molecular weight is 317 g/mol. The van der Waals surface area contributed by atoms with E-state index in [4.69, 9.17) is 16.0 Å². The van der Waals surface area contributed by atoms with Gasteiger partial charge in [-0.15, -0.1) is 0 Å². The second-order valence-corrected chi connectivity index (χ2v) is 6.41. The smallest absolute Gasteiger partial charge is 0.247 e. The lowest BCUT2D eigenvalue weighted by Crippen LogP contribution is -2.18. The van der Waals surface area contributed by atoms with Crippen molar-refractivity contribution in [2.45, 2.75) is 19.4 Å². The molecule has 0 spiro atoms. The lowest BCUT2D eigenvalue weighted by Gasteiger charge is -2.13. The number of nitrogens with zero attached hydrogens (tertiary/aromatic N) is 1. The summed E-state index contributed by atoms with van der Waals surface area (Å²) >= 11 is 6.39. The van der Waals surface area contributed by atoms with Crippen molar-refractivity contribution in [3.63, 3.8) is 0 Å². The van der Waals surface area contributed by atoms with Crippen molar-refractivity contribution in [3.05, 3.63) is 39.6 Å². The zero-order chi connectivity index (χ0) is 15.3. The zero-order valence-corrected chi connectivity index (χ0v) is 13.2. The Morgan fingerprint density at radius 2 is 2.18 bits per heavy atom. The van der Waals surface area contributed by atoms with E-state index in [1.54, 1.807) is 0 Å². The Morgan fingerprint density at radius 3 is 2.95 bits per heavy atom. The van der Waals surface area contributed by atoms with Gasteiger partial charge in [0.2, 0.25) is 5.91 Å². The Balaban J connectivity index is 1.94. The summed E-state index contributed by atoms with van der Waals surface area (Å²) in [6.45, 7) is 2.47. The topological polar surface area (TPSA) is 45.5 Å². The van der Waals surface area contributed by atoms with E-state index in [1.165, 1.54) is 0 Å². The molecule has 2 aromatic rings. The lowest BCUT2D eigenvalue weighted by molar-refractivity contribution is -0.116. The number of nitrogens with one attached hydrogen (secondary N) is 1. The highest BCUT2D eigenvalue weighted by Crippen LogP contribution is 2.37. The monoisotopic (exact) mass is 316 g/mol. The molecule has 2 aliphatic rings. The molecule has 1 amide bonds. The molecule has 1 aromatic carbocycles. The largest absolute Gasteiger partial charge is 0.456 e.